The second-order valence-electron chi connectivity index (χ2n) is 2.07. The van der Waals surface area contributed by atoms with E-state index < -0.39 is 5.97 Å². The van der Waals surface area contributed by atoms with Crippen molar-refractivity contribution in [1.29, 1.82) is 0 Å². The lowest BCUT2D eigenvalue weighted by atomic mass is 10.4. The molecule has 0 aliphatic rings. The molecule has 0 saturated heterocycles. The van der Waals surface area contributed by atoms with Crippen LogP contribution in [-0.4, -0.2) is 18.9 Å². The lowest BCUT2D eigenvalue weighted by Gasteiger charge is -1.97. The first-order chi connectivity index (χ1) is 5.84. The SMILES string of the molecule is O=CCCOC(=O)c1ccco1. The van der Waals surface area contributed by atoms with Gasteiger partial charge in [-0.15, -0.1) is 0 Å². The van der Waals surface area contributed by atoms with Crippen molar-refractivity contribution in [1.82, 2.24) is 0 Å². The highest BCUT2D eigenvalue weighted by molar-refractivity contribution is 5.86. The van der Waals surface area contributed by atoms with Crippen molar-refractivity contribution in [2.24, 2.45) is 0 Å². The van der Waals surface area contributed by atoms with Gasteiger partial charge >= 0.3 is 5.97 Å². The molecule has 64 valence electrons. The van der Waals surface area contributed by atoms with Gasteiger partial charge < -0.3 is 13.9 Å². The molecule has 12 heavy (non-hydrogen) atoms. The molecule has 0 unspecified atom stereocenters. The van der Waals surface area contributed by atoms with E-state index in [1.54, 1.807) is 6.07 Å². The minimum atomic E-state index is -0.540. The van der Waals surface area contributed by atoms with E-state index in [2.05, 4.69) is 4.74 Å². The van der Waals surface area contributed by atoms with E-state index in [0.29, 0.717) is 6.29 Å². The molecular formula is C8H8O4. The fourth-order valence-corrected chi connectivity index (χ4v) is 0.666. The lowest BCUT2D eigenvalue weighted by Crippen LogP contribution is -2.05. The number of hydrogen-bond acceptors (Lipinski definition) is 4. The Morgan fingerprint density at radius 2 is 2.50 bits per heavy atom. The molecular weight excluding hydrogens is 160 g/mol. The minimum Gasteiger partial charge on any atom is -0.459 e. The van der Waals surface area contributed by atoms with Gasteiger partial charge in [0.25, 0.3) is 0 Å². The molecule has 0 amide bonds. The average molecular weight is 168 g/mol. The molecule has 0 N–H and O–H groups in total. The van der Waals surface area contributed by atoms with Crippen LogP contribution in [0.2, 0.25) is 0 Å². The quantitative estimate of drug-likeness (QED) is 0.382. The van der Waals surface area contributed by atoms with E-state index >= 15 is 0 Å². The van der Waals surface area contributed by atoms with Gasteiger partial charge in [0.05, 0.1) is 12.9 Å². The summed E-state index contributed by atoms with van der Waals surface area (Å²) in [6, 6.07) is 3.10. The van der Waals surface area contributed by atoms with Crippen LogP contribution in [0.15, 0.2) is 22.8 Å². The summed E-state index contributed by atoms with van der Waals surface area (Å²) in [4.78, 5) is 20.8. The zero-order valence-electron chi connectivity index (χ0n) is 6.36. The summed E-state index contributed by atoms with van der Waals surface area (Å²) >= 11 is 0. The summed E-state index contributed by atoms with van der Waals surface area (Å²) < 4.78 is 9.43. The predicted molar refractivity (Wildman–Crippen MR) is 39.7 cm³/mol. The van der Waals surface area contributed by atoms with Crippen LogP contribution < -0.4 is 0 Å². The monoisotopic (exact) mass is 168 g/mol. The Labute approximate surface area is 69.1 Å². The molecule has 1 rings (SSSR count). The van der Waals surface area contributed by atoms with Crippen LogP contribution in [0.5, 0.6) is 0 Å². The van der Waals surface area contributed by atoms with Gasteiger partial charge in [-0.3, -0.25) is 0 Å². The van der Waals surface area contributed by atoms with Crippen LogP contribution in [0.4, 0.5) is 0 Å². The minimum absolute atomic E-state index is 0.100. The van der Waals surface area contributed by atoms with Crippen molar-refractivity contribution < 1.29 is 18.7 Å². The number of aldehydes is 1. The van der Waals surface area contributed by atoms with Crippen molar-refractivity contribution in [2.45, 2.75) is 6.42 Å². The van der Waals surface area contributed by atoms with Gasteiger partial charge in [0.15, 0.2) is 0 Å². The van der Waals surface area contributed by atoms with E-state index in [-0.39, 0.29) is 18.8 Å². The van der Waals surface area contributed by atoms with Gasteiger partial charge in [-0.2, -0.15) is 0 Å². The zero-order chi connectivity index (χ0) is 8.81. The highest BCUT2D eigenvalue weighted by Gasteiger charge is 2.08. The molecule has 0 atom stereocenters. The van der Waals surface area contributed by atoms with Crippen LogP contribution in [0.25, 0.3) is 0 Å². The van der Waals surface area contributed by atoms with Gasteiger partial charge in [-0.05, 0) is 12.1 Å². The van der Waals surface area contributed by atoms with Crippen molar-refractivity contribution in [3.05, 3.63) is 24.2 Å². The maximum atomic E-state index is 10.9. The van der Waals surface area contributed by atoms with Gasteiger partial charge in [-0.1, -0.05) is 0 Å². The molecule has 4 nitrogen and oxygen atoms in total. The van der Waals surface area contributed by atoms with Crippen LogP contribution in [0, 0.1) is 0 Å². The number of carbonyl (C=O) groups is 2. The fourth-order valence-electron chi connectivity index (χ4n) is 0.666. The van der Waals surface area contributed by atoms with Gasteiger partial charge in [-0.25, -0.2) is 4.79 Å². The van der Waals surface area contributed by atoms with E-state index in [4.69, 9.17) is 4.42 Å². The summed E-state index contributed by atoms with van der Waals surface area (Å²) in [5, 5.41) is 0. The normalized spacial score (nSPS) is 9.33. The molecule has 0 aliphatic heterocycles. The Bertz CT molecular complexity index is 250. The first-order valence-corrected chi connectivity index (χ1v) is 3.49. The van der Waals surface area contributed by atoms with Crippen LogP contribution in [-0.2, 0) is 9.53 Å². The van der Waals surface area contributed by atoms with Crippen molar-refractivity contribution >= 4 is 12.3 Å². The molecule has 0 saturated carbocycles. The van der Waals surface area contributed by atoms with Gasteiger partial charge in [0.2, 0.25) is 5.76 Å². The predicted octanol–water partition coefficient (Wildman–Crippen LogP) is 1.03. The third-order valence-corrected chi connectivity index (χ3v) is 1.19. The summed E-state index contributed by atoms with van der Waals surface area (Å²) in [6.45, 7) is 0.100. The number of rotatable bonds is 4. The van der Waals surface area contributed by atoms with Crippen LogP contribution in [0.3, 0.4) is 0 Å². The number of hydrogen-bond donors (Lipinski definition) is 0. The molecule has 1 aromatic rings. The van der Waals surface area contributed by atoms with Gasteiger partial charge in [0, 0.05) is 6.42 Å². The molecule has 1 heterocycles. The van der Waals surface area contributed by atoms with Crippen LogP contribution >= 0.6 is 0 Å². The second-order valence-corrected chi connectivity index (χ2v) is 2.07. The Morgan fingerprint density at radius 3 is 3.08 bits per heavy atom. The molecule has 4 heteroatoms. The summed E-state index contributed by atoms with van der Waals surface area (Å²) in [5.74, 6) is -0.386. The fraction of sp³-hybridized carbons (Fsp3) is 0.250. The Hall–Kier alpha value is -1.58. The van der Waals surface area contributed by atoms with Crippen LogP contribution in [0.1, 0.15) is 17.0 Å². The first kappa shape index (κ1) is 8.52. The summed E-state index contributed by atoms with van der Waals surface area (Å²) in [7, 11) is 0. The Kier molecular flexibility index (Phi) is 3.07. The smallest absolute Gasteiger partial charge is 0.374 e. The maximum absolute atomic E-state index is 10.9. The Morgan fingerprint density at radius 1 is 1.67 bits per heavy atom. The average Bonchev–Trinajstić information content (AvgIpc) is 2.56. The lowest BCUT2D eigenvalue weighted by molar-refractivity contribution is -0.108. The third-order valence-electron chi connectivity index (χ3n) is 1.19. The van der Waals surface area contributed by atoms with Crippen molar-refractivity contribution in [3.8, 4) is 0 Å². The van der Waals surface area contributed by atoms with Crippen molar-refractivity contribution in [2.75, 3.05) is 6.61 Å². The second kappa shape index (κ2) is 4.33. The molecule has 0 aliphatic carbocycles. The maximum Gasteiger partial charge on any atom is 0.374 e. The standard InChI is InChI=1S/C8H8O4/c9-4-2-6-12-8(10)7-3-1-5-11-7/h1,3-5H,2,6H2. The molecule has 0 bridgehead atoms. The highest BCUT2D eigenvalue weighted by Crippen LogP contribution is 2.01. The number of furan rings is 1. The highest BCUT2D eigenvalue weighted by atomic mass is 16.5. The first-order valence-electron chi connectivity index (χ1n) is 3.49. The number of esters is 1. The molecule has 0 fully saturated rings. The van der Waals surface area contributed by atoms with E-state index in [1.807, 2.05) is 0 Å². The molecule has 1 aromatic heterocycles. The van der Waals surface area contributed by atoms with Crippen molar-refractivity contribution in [3.63, 3.8) is 0 Å². The molecule has 0 radical (unpaired) electrons. The van der Waals surface area contributed by atoms with Gasteiger partial charge in [0.1, 0.15) is 6.29 Å². The number of ether oxygens (including phenoxy) is 1. The number of carbonyl (C=O) groups excluding carboxylic acids is 2. The van der Waals surface area contributed by atoms with E-state index in [9.17, 15) is 9.59 Å². The Balaban J connectivity index is 2.34. The topological polar surface area (TPSA) is 56.5 Å². The largest absolute Gasteiger partial charge is 0.459 e. The molecule has 0 aromatic carbocycles. The van der Waals surface area contributed by atoms with E-state index in [1.165, 1.54) is 12.3 Å². The third kappa shape index (κ3) is 2.23. The molecule has 0 spiro atoms. The zero-order valence-corrected chi connectivity index (χ0v) is 6.36. The summed E-state index contributed by atoms with van der Waals surface area (Å²) in [5.41, 5.74) is 0. The van der Waals surface area contributed by atoms with E-state index in [0.717, 1.165) is 0 Å². The summed E-state index contributed by atoms with van der Waals surface area (Å²) in [6.07, 6.45) is 2.29.